The van der Waals surface area contributed by atoms with Crippen LogP contribution in [0.4, 0.5) is 21.5 Å². The first-order chi connectivity index (χ1) is 71.9. The van der Waals surface area contributed by atoms with E-state index in [1.54, 1.807) is 12.1 Å². The Morgan fingerprint density at radius 1 is 0.380 bits per heavy atom. The number of nitrogens with zero attached hydrogens (tertiary/aromatic N) is 10. The predicted molar refractivity (Wildman–Crippen MR) is 561 cm³/mol. The molecule has 0 aromatic heterocycles. The highest BCUT2D eigenvalue weighted by Crippen LogP contribution is 2.50. The third-order valence-corrected chi connectivity index (χ3v) is 33.7. The van der Waals surface area contributed by atoms with E-state index in [2.05, 4.69) is 177 Å². The van der Waals surface area contributed by atoms with Gasteiger partial charge in [0.25, 0.3) is 41.4 Å². The number of piperidine rings is 1. The number of carboxylic acids is 2. The summed E-state index contributed by atoms with van der Waals surface area (Å²) < 4.78 is 21.4. The summed E-state index contributed by atoms with van der Waals surface area (Å²) >= 11 is 6.33. The van der Waals surface area contributed by atoms with Gasteiger partial charge in [-0.05, 0) is 297 Å². The van der Waals surface area contributed by atoms with Crippen molar-refractivity contribution in [1.82, 2.24) is 33.8 Å². The highest BCUT2D eigenvalue weighted by atomic mass is 35.5. The van der Waals surface area contributed by atoms with E-state index in [1.165, 1.54) is 100 Å². The summed E-state index contributed by atoms with van der Waals surface area (Å²) in [6.45, 7) is 21.9. The van der Waals surface area contributed by atoms with Crippen LogP contribution in [0.2, 0.25) is 5.02 Å². The van der Waals surface area contributed by atoms with Gasteiger partial charge in [-0.1, -0.05) is 96.3 Å². The van der Waals surface area contributed by atoms with Crippen molar-refractivity contribution in [3.8, 4) is 0 Å². The lowest BCUT2D eigenvalue weighted by Crippen LogP contribution is -2.43. The molecule has 0 spiro atoms. The van der Waals surface area contributed by atoms with Gasteiger partial charge in [0.15, 0.2) is 0 Å². The molecule has 778 valence electrons. The molecule has 4 saturated heterocycles. The minimum Gasteiger partial charge on any atom is -0.545 e. The van der Waals surface area contributed by atoms with E-state index in [4.69, 9.17) is 26.1 Å². The Morgan fingerprint density at radius 2 is 0.747 bits per heavy atom. The molecule has 10 heterocycles. The predicted octanol–water partition coefficient (Wildman–Crippen LogP) is 10.1. The number of aryl methyl sites for hydroxylation is 6. The SMILES string of the molecule is CN1CCCc2cc3c(cc21)C(C)(C)c1cc2c(cc1=C3c1ccccc1C(=O)N1CCC(C(=O)ON3C(=O)CCC3=O)CC1)CCC[N+]=2C.C[N+]1=c2cc3c(cc2CCC1)=C(c1ccc(Cl)cc1C(=O)[O-])c1cc2c(cc1C3(C)C)N(CCCCCC(=O)ON1C(=O)CCC1=O)CCC2.C[N+]1=c2cc3c(cc2CCC1)=C(c1ccc(F)cc1C(=O)[O-])c1cc2c(cc1C3(C)C)N(CCCCCC(=O)ON1C(=O)CCC1=O)CCC2. The molecule has 27 nitrogen and oxygen atoms in total. The highest BCUT2D eigenvalue weighted by Gasteiger charge is 2.45. The molecule has 4 fully saturated rings. The van der Waals surface area contributed by atoms with Crippen molar-refractivity contribution in [1.29, 1.82) is 0 Å². The molecule has 3 aliphatic carbocycles. The van der Waals surface area contributed by atoms with E-state index in [-0.39, 0.29) is 79.2 Å². The number of benzene rings is 9. The number of hydrogen-bond donors (Lipinski definition) is 0. The average Bonchev–Trinajstić information content (AvgIpc) is 0.781. The van der Waals surface area contributed by atoms with Gasteiger partial charge in [-0.25, -0.2) is 32.5 Å². The molecule has 10 aliphatic heterocycles. The number of carbonyl (C=O) groups is 12. The number of carboxylic acid groups (broad SMARTS) is 2. The maximum Gasteiger partial charge on any atom is 0.336 e. The zero-order valence-corrected chi connectivity index (χ0v) is 88.1. The third-order valence-electron chi connectivity index (χ3n) is 33.5. The number of likely N-dealkylation sites (tertiary alicyclic amines) is 1. The van der Waals surface area contributed by atoms with Gasteiger partial charge in [-0.2, -0.15) is 0 Å². The molecule has 150 heavy (non-hydrogen) atoms. The number of hydroxylamine groups is 6. The van der Waals surface area contributed by atoms with Crippen LogP contribution in [0.15, 0.2) is 133 Å². The summed E-state index contributed by atoms with van der Waals surface area (Å²) in [4.78, 5) is 172. The molecular formula is C121H129ClFN10O17+. The van der Waals surface area contributed by atoms with E-state index in [0.717, 1.165) is 227 Å². The molecule has 0 unspecified atom stereocenters. The zero-order valence-electron chi connectivity index (χ0n) is 87.3. The van der Waals surface area contributed by atoms with Crippen molar-refractivity contribution in [2.45, 2.75) is 238 Å². The van der Waals surface area contributed by atoms with Crippen molar-refractivity contribution >= 4 is 117 Å². The molecule has 9 aromatic rings. The van der Waals surface area contributed by atoms with Crippen molar-refractivity contribution in [2.75, 3.05) is 108 Å². The summed E-state index contributed by atoms with van der Waals surface area (Å²) in [5, 5.41) is 34.1. The Morgan fingerprint density at radius 3 is 1.17 bits per heavy atom. The fourth-order valence-electron chi connectivity index (χ4n) is 25.3. The zero-order chi connectivity index (χ0) is 106. The van der Waals surface area contributed by atoms with E-state index in [1.807, 2.05) is 29.2 Å². The molecule has 0 bridgehead atoms. The summed E-state index contributed by atoms with van der Waals surface area (Å²) in [5.74, 6) is -8.42. The largest absolute Gasteiger partial charge is 0.545 e. The first-order valence-electron chi connectivity index (χ1n) is 53.5. The topological polar surface area (TPSA) is 310 Å². The minimum absolute atomic E-state index is 0.0585. The first-order valence-corrected chi connectivity index (χ1v) is 53.9. The number of imide groups is 3. The highest BCUT2D eigenvalue weighted by molar-refractivity contribution is 6.31. The van der Waals surface area contributed by atoms with Crippen LogP contribution in [0.5, 0.6) is 0 Å². The van der Waals surface area contributed by atoms with E-state index < -0.39 is 82.4 Å². The third kappa shape index (κ3) is 19.5. The van der Waals surface area contributed by atoms with E-state index in [9.17, 15) is 72.1 Å². The number of amides is 7. The Kier molecular flexibility index (Phi) is 28.6. The fourth-order valence-corrected chi connectivity index (χ4v) is 25.5. The fraction of sp³-hybridized carbons (Fsp3) is 0.430. The average molecular weight is 2050 g/mol. The van der Waals surface area contributed by atoms with Gasteiger partial charge in [0, 0.05) is 213 Å². The van der Waals surface area contributed by atoms with Crippen LogP contribution in [-0.2, 0) is 112 Å². The lowest BCUT2D eigenvalue weighted by Gasteiger charge is -2.39. The normalized spacial score (nSPS) is 18.4. The Labute approximate surface area is 876 Å². The Balaban J connectivity index is 0.000000136. The van der Waals surface area contributed by atoms with Crippen molar-refractivity contribution in [3.05, 3.63) is 293 Å². The molecule has 13 aliphatic rings. The van der Waals surface area contributed by atoms with Crippen molar-refractivity contribution in [3.63, 3.8) is 0 Å². The quantitative estimate of drug-likeness (QED) is 0.0346. The maximum absolute atomic E-state index is 14.5. The Bertz CT molecular complexity index is 7360. The molecule has 0 N–H and O–H groups in total. The monoisotopic (exact) mass is 2050 g/mol. The minimum atomic E-state index is -1.41. The van der Waals surface area contributed by atoms with Crippen molar-refractivity contribution < 1.29 is 86.7 Å². The van der Waals surface area contributed by atoms with E-state index >= 15 is 0 Å². The van der Waals surface area contributed by atoms with Crippen LogP contribution in [0.1, 0.15) is 314 Å². The van der Waals surface area contributed by atoms with Crippen LogP contribution in [-0.4, -0.2) is 185 Å². The smallest absolute Gasteiger partial charge is 0.336 e. The number of hydrogen-bond acceptors (Lipinski definition) is 20. The summed E-state index contributed by atoms with van der Waals surface area (Å²) in [7, 11) is 8.62. The summed E-state index contributed by atoms with van der Waals surface area (Å²) in [6.07, 6.45) is 18.0. The van der Waals surface area contributed by atoms with Gasteiger partial charge in [-0.15, -0.1) is 15.2 Å². The second-order valence-corrected chi connectivity index (χ2v) is 44.6. The number of aromatic carboxylic acids is 2. The van der Waals surface area contributed by atoms with Crippen LogP contribution in [0.25, 0.3) is 16.7 Å². The molecule has 9 aromatic carbocycles. The number of anilines is 3. The van der Waals surface area contributed by atoms with Gasteiger partial charge < -0.3 is 53.9 Å². The summed E-state index contributed by atoms with van der Waals surface area (Å²) in [6, 6.07) is 44.9. The maximum atomic E-state index is 14.5. The molecule has 0 radical (unpaired) electrons. The first kappa shape index (κ1) is 103. The lowest BCUT2D eigenvalue weighted by molar-refractivity contribution is -0.256. The molecule has 0 atom stereocenters. The number of unbranched alkanes of at least 4 members (excludes halogenated alkanes) is 4. The van der Waals surface area contributed by atoms with Crippen LogP contribution in [0, 0.1) is 11.7 Å². The van der Waals surface area contributed by atoms with Gasteiger partial charge in [0.05, 0.1) is 17.9 Å². The summed E-state index contributed by atoms with van der Waals surface area (Å²) in [5.41, 5.74) is 25.9. The van der Waals surface area contributed by atoms with Gasteiger partial charge in [0.2, 0.25) is 16.1 Å². The number of rotatable bonds is 22. The van der Waals surface area contributed by atoms with Gasteiger partial charge >= 0.3 is 17.9 Å². The lowest BCUT2D eigenvalue weighted by atomic mass is 9.67. The second-order valence-electron chi connectivity index (χ2n) is 44.2. The van der Waals surface area contributed by atoms with Crippen LogP contribution < -0.4 is 70.4 Å². The molecule has 29 heteroatoms. The molecule has 7 amide bonds. The standard InChI is InChI=1S/C41H45N4O5.C40H42ClN3O6.C40H42FN3O6/c1-41(2)32-23-34-26(9-7-17-42(34)3)21-30(32)38(31-22-27-10-8-18-43(4)35(27)24-33(31)41)28-11-5-6-12-29(28)39(48)44-19-15-25(16-20-44)40(49)50-45-36(46)13-14-37(45)47;2*1-40(2)31-22-33-24(9-7-16-42(33)3)19-29(31)38(27-13-12-26(41)21-28(27)39(48)49)30-20-25-10-8-18-43(34(25)23-32(30)40)17-6-4-5-11-37(47)50-44-35(45)14-15-36(44)46/h5-6,11-12,21-25H,7-10,13-20H2,1-4H3;2*12-13,19-23H,4-11,14-18H2,1-3H3/q+1;;. The van der Waals surface area contributed by atoms with Crippen LogP contribution >= 0.6 is 11.6 Å². The van der Waals surface area contributed by atoms with Gasteiger partial charge in [-0.3, -0.25) is 33.6 Å². The number of carbonyl (C=O) groups excluding carboxylic acids is 12. The van der Waals surface area contributed by atoms with E-state index in [0.29, 0.717) is 75.7 Å². The second kappa shape index (κ2) is 41.6. The molecule has 0 saturated carbocycles. The number of fused-ring (bicyclic) bond motifs is 12. The van der Waals surface area contributed by atoms with Crippen LogP contribution in [0.3, 0.4) is 0 Å². The Hall–Kier alpha value is -14.2. The molecule has 22 rings (SSSR count). The van der Waals surface area contributed by atoms with Gasteiger partial charge in [0.1, 0.15) is 46.6 Å². The van der Waals surface area contributed by atoms with Crippen molar-refractivity contribution in [2.24, 2.45) is 5.92 Å². The number of halogens is 2. The molecular weight excluding hydrogens is 1920 g/mol.